The Balaban J connectivity index is 1.66. The molecule has 0 fully saturated rings. The van der Waals surface area contributed by atoms with Gasteiger partial charge < -0.3 is 4.57 Å². The number of fused-ring (bicyclic) bond motifs is 3. The number of aromatic nitrogens is 3. The molecule has 1 aliphatic rings. The lowest BCUT2D eigenvalue weighted by molar-refractivity contribution is 0.0916. The minimum absolute atomic E-state index is 0.0177. The van der Waals surface area contributed by atoms with Crippen molar-refractivity contribution in [3.8, 4) is 0 Å². The van der Waals surface area contributed by atoms with Gasteiger partial charge in [-0.25, -0.2) is 17.4 Å². The molecule has 3 heterocycles. The number of Topliss-reactive ketones (excluding diaryl/α,β-unsaturated/α-hetero) is 1. The molecule has 4 aromatic rings. The molecular formula is C23H21N3O3S2. The smallest absolute Gasteiger partial charge is 0.269 e. The van der Waals surface area contributed by atoms with Gasteiger partial charge in [0, 0.05) is 36.0 Å². The van der Waals surface area contributed by atoms with Gasteiger partial charge in [0.15, 0.2) is 5.78 Å². The number of carbonyl (C=O) groups excluding carboxylic acids is 1. The van der Waals surface area contributed by atoms with Crippen LogP contribution < -0.4 is 0 Å². The van der Waals surface area contributed by atoms with Crippen LogP contribution in [0.15, 0.2) is 70.8 Å². The van der Waals surface area contributed by atoms with Crippen molar-refractivity contribution in [3.63, 3.8) is 0 Å². The second kappa shape index (κ2) is 7.39. The van der Waals surface area contributed by atoms with Crippen molar-refractivity contribution < 1.29 is 13.2 Å². The van der Waals surface area contributed by atoms with Gasteiger partial charge in [0.25, 0.3) is 10.0 Å². The SMILES string of the molecule is Cc1ccc(S(=O)(=O)n2c3c(c4ccccc42)C(=O)C(Cn2ccnc2C)CS3)cc1. The highest BCUT2D eigenvalue weighted by molar-refractivity contribution is 8.00. The first-order valence-corrected chi connectivity index (χ1v) is 12.4. The summed E-state index contributed by atoms with van der Waals surface area (Å²) in [4.78, 5) is 18.0. The molecule has 2 aromatic carbocycles. The van der Waals surface area contributed by atoms with Crippen LogP contribution in [0.2, 0.25) is 0 Å². The summed E-state index contributed by atoms with van der Waals surface area (Å²) in [5.74, 6) is 1.11. The third-order valence-electron chi connectivity index (χ3n) is 5.73. The van der Waals surface area contributed by atoms with Gasteiger partial charge in [-0.3, -0.25) is 4.79 Å². The van der Waals surface area contributed by atoms with E-state index in [-0.39, 0.29) is 16.6 Å². The Labute approximate surface area is 185 Å². The van der Waals surface area contributed by atoms with E-state index in [0.29, 0.717) is 33.8 Å². The summed E-state index contributed by atoms with van der Waals surface area (Å²) in [7, 11) is -3.85. The third-order valence-corrected chi connectivity index (χ3v) is 8.80. The summed E-state index contributed by atoms with van der Waals surface area (Å²) in [5, 5.41) is 1.18. The fraction of sp³-hybridized carbons (Fsp3) is 0.217. The van der Waals surface area contributed by atoms with Crippen molar-refractivity contribution >= 4 is 38.5 Å². The van der Waals surface area contributed by atoms with E-state index >= 15 is 0 Å². The number of para-hydroxylation sites is 1. The lowest BCUT2D eigenvalue weighted by Crippen LogP contribution is -2.27. The van der Waals surface area contributed by atoms with Crippen molar-refractivity contribution in [3.05, 3.63) is 77.9 Å². The summed E-state index contributed by atoms with van der Waals surface area (Å²) in [6, 6.07) is 14.0. The van der Waals surface area contributed by atoms with Crippen molar-refractivity contribution in [1.29, 1.82) is 0 Å². The topological polar surface area (TPSA) is 74.0 Å². The fourth-order valence-electron chi connectivity index (χ4n) is 4.04. The lowest BCUT2D eigenvalue weighted by Gasteiger charge is -2.23. The van der Waals surface area contributed by atoms with Crippen LogP contribution in [-0.4, -0.2) is 33.5 Å². The molecule has 6 nitrogen and oxygen atoms in total. The van der Waals surface area contributed by atoms with Crippen LogP contribution in [0.5, 0.6) is 0 Å². The van der Waals surface area contributed by atoms with Gasteiger partial charge in [-0.2, -0.15) is 0 Å². The van der Waals surface area contributed by atoms with Gasteiger partial charge >= 0.3 is 0 Å². The summed E-state index contributed by atoms with van der Waals surface area (Å²) < 4.78 is 30.5. The summed E-state index contributed by atoms with van der Waals surface area (Å²) in [5.41, 5.74) is 2.03. The highest BCUT2D eigenvalue weighted by atomic mass is 32.2. The van der Waals surface area contributed by atoms with Gasteiger partial charge in [-0.05, 0) is 32.0 Å². The van der Waals surface area contributed by atoms with Gasteiger partial charge in [-0.1, -0.05) is 35.9 Å². The normalized spacial score (nSPS) is 16.6. The average Bonchev–Trinajstić information content (AvgIpc) is 3.31. The molecule has 2 aromatic heterocycles. The predicted octanol–water partition coefficient (Wildman–Crippen LogP) is 4.30. The molecule has 1 aliphatic heterocycles. The zero-order chi connectivity index (χ0) is 21.8. The van der Waals surface area contributed by atoms with Crippen LogP contribution >= 0.6 is 11.8 Å². The maximum absolute atomic E-state index is 13.6. The third kappa shape index (κ3) is 3.21. The maximum Gasteiger partial charge on any atom is 0.269 e. The number of ketones is 1. The van der Waals surface area contributed by atoms with Crippen LogP contribution in [0.3, 0.4) is 0 Å². The molecule has 0 N–H and O–H groups in total. The van der Waals surface area contributed by atoms with Gasteiger partial charge in [0.1, 0.15) is 10.9 Å². The standard InChI is InChI=1S/C23H21N3O3S2/c1-15-7-9-18(10-8-15)31(28,29)26-20-6-4-3-5-19(20)21-22(27)17(14-30-23(21)26)13-25-12-11-24-16(25)2/h3-12,17H,13-14H2,1-2H3. The highest BCUT2D eigenvalue weighted by Gasteiger charge is 2.37. The monoisotopic (exact) mass is 451 g/mol. The number of aryl methyl sites for hydroxylation is 2. The average molecular weight is 452 g/mol. The zero-order valence-corrected chi connectivity index (χ0v) is 18.8. The molecule has 0 aliphatic carbocycles. The summed E-state index contributed by atoms with van der Waals surface area (Å²) in [6.07, 6.45) is 3.59. The number of hydrogen-bond donors (Lipinski definition) is 0. The number of imidazole rings is 1. The molecule has 0 bridgehead atoms. The Kier molecular flexibility index (Phi) is 4.79. The quantitative estimate of drug-likeness (QED) is 0.463. The highest BCUT2D eigenvalue weighted by Crippen LogP contribution is 2.42. The van der Waals surface area contributed by atoms with Crippen LogP contribution in [-0.2, 0) is 16.6 Å². The maximum atomic E-state index is 13.6. The van der Waals surface area contributed by atoms with E-state index in [1.54, 1.807) is 42.6 Å². The molecule has 8 heteroatoms. The second-order valence-corrected chi connectivity index (χ2v) is 10.6. The zero-order valence-electron chi connectivity index (χ0n) is 17.1. The van der Waals surface area contributed by atoms with Crippen LogP contribution in [0.1, 0.15) is 21.7 Å². The van der Waals surface area contributed by atoms with Gasteiger partial charge in [0.05, 0.1) is 16.0 Å². The van der Waals surface area contributed by atoms with E-state index < -0.39 is 10.0 Å². The molecule has 5 rings (SSSR count). The largest absolute Gasteiger partial charge is 0.334 e. The molecule has 31 heavy (non-hydrogen) atoms. The first-order valence-electron chi connectivity index (χ1n) is 9.98. The predicted molar refractivity (Wildman–Crippen MR) is 121 cm³/mol. The molecular weight excluding hydrogens is 430 g/mol. The second-order valence-electron chi connectivity index (χ2n) is 7.78. The Bertz CT molecular complexity index is 1420. The van der Waals surface area contributed by atoms with E-state index in [2.05, 4.69) is 4.98 Å². The Morgan fingerprint density at radius 1 is 1.10 bits per heavy atom. The van der Waals surface area contributed by atoms with Crippen molar-refractivity contribution in [2.45, 2.75) is 30.3 Å². The lowest BCUT2D eigenvalue weighted by atomic mass is 9.98. The number of rotatable bonds is 4. The molecule has 1 unspecified atom stereocenters. The minimum atomic E-state index is -3.85. The number of hydrogen-bond acceptors (Lipinski definition) is 5. The van der Waals surface area contributed by atoms with Crippen molar-refractivity contribution in [2.75, 3.05) is 5.75 Å². The molecule has 0 saturated carbocycles. The van der Waals surface area contributed by atoms with E-state index in [4.69, 9.17) is 0 Å². The Morgan fingerprint density at radius 3 is 2.55 bits per heavy atom. The van der Waals surface area contributed by atoms with Crippen molar-refractivity contribution in [1.82, 2.24) is 13.5 Å². The van der Waals surface area contributed by atoms with Gasteiger partial charge in [-0.15, -0.1) is 11.8 Å². The van der Waals surface area contributed by atoms with Crippen LogP contribution in [0.25, 0.3) is 10.9 Å². The Morgan fingerprint density at radius 2 is 1.84 bits per heavy atom. The van der Waals surface area contributed by atoms with Crippen molar-refractivity contribution in [2.24, 2.45) is 5.92 Å². The number of carbonyl (C=O) groups is 1. The summed E-state index contributed by atoms with van der Waals surface area (Å²) >= 11 is 1.43. The number of thioether (sulfide) groups is 1. The fourth-order valence-corrected chi connectivity index (χ4v) is 7.10. The minimum Gasteiger partial charge on any atom is -0.334 e. The Hall–Kier alpha value is -2.84. The summed E-state index contributed by atoms with van der Waals surface area (Å²) in [6.45, 7) is 4.35. The van der Waals surface area contributed by atoms with E-state index in [0.717, 1.165) is 11.4 Å². The van der Waals surface area contributed by atoms with E-state index in [1.165, 1.54) is 15.7 Å². The number of benzene rings is 2. The molecule has 0 amide bonds. The van der Waals surface area contributed by atoms with E-state index in [1.807, 2.05) is 36.7 Å². The molecule has 0 spiro atoms. The molecule has 1 atom stereocenters. The number of nitrogens with zero attached hydrogens (tertiary/aromatic N) is 3. The van der Waals surface area contributed by atoms with Crippen LogP contribution in [0.4, 0.5) is 0 Å². The van der Waals surface area contributed by atoms with E-state index in [9.17, 15) is 13.2 Å². The molecule has 0 saturated heterocycles. The first kappa shape index (κ1) is 20.1. The van der Waals surface area contributed by atoms with Gasteiger partial charge in [0.2, 0.25) is 0 Å². The molecule has 0 radical (unpaired) electrons. The van der Waals surface area contributed by atoms with Crippen LogP contribution in [0, 0.1) is 19.8 Å². The first-order chi connectivity index (χ1) is 14.9. The molecule has 158 valence electrons.